The van der Waals surface area contributed by atoms with E-state index < -0.39 is 4.92 Å². The molecule has 1 N–H and O–H groups in total. The minimum Gasteiger partial charge on any atom is -0.378 e. The van der Waals surface area contributed by atoms with Crippen molar-refractivity contribution in [3.05, 3.63) is 22.5 Å². The van der Waals surface area contributed by atoms with Crippen LogP contribution in [-0.2, 0) is 4.74 Å². The monoisotopic (exact) mass is 238 g/mol. The Bertz CT molecular complexity index is 389. The lowest BCUT2D eigenvalue weighted by Crippen LogP contribution is -2.41. The Balaban J connectivity index is 1.82. The van der Waals surface area contributed by atoms with Crippen LogP contribution < -0.4 is 5.32 Å². The molecule has 1 aliphatic rings. The van der Waals surface area contributed by atoms with Gasteiger partial charge in [0.05, 0.1) is 11.0 Å². The van der Waals surface area contributed by atoms with Crippen LogP contribution >= 0.6 is 0 Å². The summed E-state index contributed by atoms with van der Waals surface area (Å²) >= 11 is 0. The van der Waals surface area contributed by atoms with E-state index in [0.29, 0.717) is 18.1 Å². The van der Waals surface area contributed by atoms with Crippen LogP contribution in [0, 0.1) is 10.1 Å². The van der Waals surface area contributed by atoms with Gasteiger partial charge in [-0.1, -0.05) is 0 Å². The number of nitrogens with zero attached hydrogens (tertiary/aromatic N) is 3. The van der Waals surface area contributed by atoms with Gasteiger partial charge in [0, 0.05) is 12.6 Å². The highest BCUT2D eigenvalue weighted by Gasteiger charge is 2.29. The SMILES string of the molecule is CCOC1CC(Nc2ncc([N+](=O)[O-])cn2)C1. The first-order valence-electron chi connectivity index (χ1n) is 5.53. The fourth-order valence-electron chi connectivity index (χ4n) is 1.73. The number of aromatic nitrogens is 2. The van der Waals surface area contributed by atoms with Crippen LogP contribution in [0.1, 0.15) is 19.8 Å². The average molecular weight is 238 g/mol. The van der Waals surface area contributed by atoms with Gasteiger partial charge in [0.25, 0.3) is 0 Å². The van der Waals surface area contributed by atoms with Crippen molar-refractivity contribution in [2.75, 3.05) is 11.9 Å². The van der Waals surface area contributed by atoms with Crippen molar-refractivity contribution in [3.8, 4) is 0 Å². The van der Waals surface area contributed by atoms with E-state index in [2.05, 4.69) is 15.3 Å². The van der Waals surface area contributed by atoms with Crippen molar-refractivity contribution < 1.29 is 9.66 Å². The van der Waals surface area contributed by atoms with Gasteiger partial charge in [0.1, 0.15) is 12.4 Å². The van der Waals surface area contributed by atoms with Gasteiger partial charge in [-0.2, -0.15) is 0 Å². The van der Waals surface area contributed by atoms with Crippen molar-refractivity contribution >= 4 is 11.6 Å². The van der Waals surface area contributed by atoms with E-state index in [9.17, 15) is 10.1 Å². The number of ether oxygens (including phenoxy) is 1. The number of hydrogen-bond acceptors (Lipinski definition) is 6. The van der Waals surface area contributed by atoms with Crippen LogP contribution in [0.4, 0.5) is 11.6 Å². The minimum absolute atomic E-state index is 0.101. The molecule has 0 spiro atoms. The van der Waals surface area contributed by atoms with Gasteiger partial charge in [-0.15, -0.1) is 0 Å². The maximum absolute atomic E-state index is 10.4. The molecule has 2 rings (SSSR count). The molecule has 0 saturated heterocycles. The van der Waals surface area contributed by atoms with Gasteiger partial charge in [0.15, 0.2) is 0 Å². The van der Waals surface area contributed by atoms with Crippen LogP contribution in [0.15, 0.2) is 12.4 Å². The van der Waals surface area contributed by atoms with Gasteiger partial charge < -0.3 is 10.1 Å². The smallest absolute Gasteiger partial charge is 0.305 e. The second-order valence-electron chi connectivity index (χ2n) is 3.91. The standard InChI is InChI=1S/C10H14N4O3/c1-2-17-9-3-7(4-9)13-10-11-5-8(6-12-10)14(15)16/h5-7,9H,2-4H2,1H3,(H,11,12,13). The molecule has 0 amide bonds. The van der Waals surface area contributed by atoms with Crippen LogP contribution in [-0.4, -0.2) is 33.6 Å². The fraction of sp³-hybridized carbons (Fsp3) is 0.600. The van der Waals surface area contributed by atoms with Crippen molar-refractivity contribution in [1.82, 2.24) is 9.97 Å². The molecule has 1 aromatic rings. The zero-order valence-electron chi connectivity index (χ0n) is 9.50. The summed E-state index contributed by atoms with van der Waals surface area (Å²) in [5.41, 5.74) is -0.101. The average Bonchev–Trinajstić information content (AvgIpc) is 2.27. The molecule has 7 nitrogen and oxygen atoms in total. The molecule has 0 aliphatic heterocycles. The number of nitrogens with one attached hydrogen (secondary N) is 1. The maximum atomic E-state index is 10.4. The lowest BCUT2D eigenvalue weighted by atomic mass is 9.89. The van der Waals surface area contributed by atoms with E-state index in [0.717, 1.165) is 19.4 Å². The van der Waals surface area contributed by atoms with Crippen molar-refractivity contribution in [1.29, 1.82) is 0 Å². The normalized spacial score (nSPS) is 22.9. The molecule has 92 valence electrons. The zero-order valence-corrected chi connectivity index (χ0v) is 9.50. The number of hydrogen-bond donors (Lipinski definition) is 1. The fourth-order valence-corrected chi connectivity index (χ4v) is 1.73. The molecule has 0 aromatic carbocycles. The third-order valence-electron chi connectivity index (χ3n) is 2.68. The van der Waals surface area contributed by atoms with E-state index >= 15 is 0 Å². The van der Waals surface area contributed by atoms with Crippen molar-refractivity contribution in [3.63, 3.8) is 0 Å². The van der Waals surface area contributed by atoms with Crippen LogP contribution in [0.2, 0.25) is 0 Å². The van der Waals surface area contributed by atoms with E-state index in [1.807, 2.05) is 6.92 Å². The van der Waals surface area contributed by atoms with E-state index in [4.69, 9.17) is 4.74 Å². The van der Waals surface area contributed by atoms with Crippen LogP contribution in [0.3, 0.4) is 0 Å². The Morgan fingerprint density at radius 2 is 2.18 bits per heavy atom. The van der Waals surface area contributed by atoms with Crippen molar-refractivity contribution in [2.45, 2.75) is 31.9 Å². The Hall–Kier alpha value is -1.76. The Labute approximate surface area is 98.4 Å². The molecule has 0 unspecified atom stereocenters. The van der Waals surface area contributed by atoms with Gasteiger partial charge in [-0.25, -0.2) is 9.97 Å². The summed E-state index contributed by atoms with van der Waals surface area (Å²) in [6, 6.07) is 0.299. The summed E-state index contributed by atoms with van der Waals surface area (Å²) < 4.78 is 5.43. The maximum Gasteiger partial charge on any atom is 0.305 e. The predicted molar refractivity (Wildman–Crippen MR) is 60.7 cm³/mol. The summed E-state index contributed by atoms with van der Waals surface area (Å²) in [7, 11) is 0. The molecule has 17 heavy (non-hydrogen) atoms. The molecule has 1 aromatic heterocycles. The molecule has 1 heterocycles. The van der Waals surface area contributed by atoms with Gasteiger partial charge in [-0.05, 0) is 19.8 Å². The predicted octanol–water partition coefficient (Wildman–Crippen LogP) is 1.36. The van der Waals surface area contributed by atoms with E-state index in [1.165, 1.54) is 12.4 Å². The summed E-state index contributed by atoms with van der Waals surface area (Å²) in [6.45, 7) is 2.70. The molecule has 0 radical (unpaired) electrons. The molecule has 0 atom stereocenters. The first kappa shape index (κ1) is 11.7. The zero-order chi connectivity index (χ0) is 12.3. The molecule has 1 fully saturated rings. The lowest BCUT2D eigenvalue weighted by molar-refractivity contribution is -0.385. The van der Waals surface area contributed by atoms with Gasteiger partial charge in [-0.3, -0.25) is 10.1 Å². The number of nitro groups is 1. The summed E-state index contributed by atoms with van der Waals surface area (Å²) in [5.74, 6) is 0.426. The Morgan fingerprint density at radius 1 is 1.53 bits per heavy atom. The molecular formula is C10H14N4O3. The third kappa shape index (κ3) is 2.88. The Morgan fingerprint density at radius 3 is 2.71 bits per heavy atom. The molecular weight excluding hydrogens is 224 g/mol. The number of rotatable bonds is 5. The molecule has 7 heteroatoms. The van der Waals surface area contributed by atoms with Gasteiger partial charge >= 0.3 is 5.69 Å². The Kier molecular flexibility index (Phi) is 3.48. The minimum atomic E-state index is -0.516. The quantitative estimate of drug-likeness (QED) is 0.615. The van der Waals surface area contributed by atoms with E-state index in [-0.39, 0.29) is 5.69 Å². The first-order valence-corrected chi connectivity index (χ1v) is 5.53. The second-order valence-corrected chi connectivity index (χ2v) is 3.91. The summed E-state index contributed by atoms with van der Waals surface area (Å²) in [5, 5.41) is 13.5. The topological polar surface area (TPSA) is 90.2 Å². The summed E-state index contributed by atoms with van der Waals surface area (Å²) in [6.07, 6.45) is 4.57. The summed E-state index contributed by atoms with van der Waals surface area (Å²) in [4.78, 5) is 17.7. The lowest BCUT2D eigenvalue weighted by Gasteiger charge is -2.35. The van der Waals surface area contributed by atoms with Crippen LogP contribution in [0.25, 0.3) is 0 Å². The van der Waals surface area contributed by atoms with Gasteiger partial charge in [0.2, 0.25) is 5.95 Å². The highest BCUT2D eigenvalue weighted by Crippen LogP contribution is 2.25. The van der Waals surface area contributed by atoms with E-state index in [1.54, 1.807) is 0 Å². The molecule has 1 aliphatic carbocycles. The first-order chi connectivity index (χ1) is 8.19. The highest BCUT2D eigenvalue weighted by atomic mass is 16.6. The van der Waals surface area contributed by atoms with Crippen molar-refractivity contribution in [2.24, 2.45) is 0 Å². The molecule has 1 saturated carbocycles. The largest absolute Gasteiger partial charge is 0.378 e. The third-order valence-corrected chi connectivity index (χ3v) is 2.68. The second kappa shape index (κ2) is 5.05. The molecule has 0 bridgehead atoms. The van der Waals surface area contributed by atoms with Crippen LogP contribution in [0.5, 0.6) is 0 Å². The highest BCUT2D eigenvalue weighted by molar-refractivity contribution is 5.32. The number of anilines is 1.